The van der Waals surface area contributed by atoms with Crippen molar-refractivity contribution < 1.29 is 4.79 Å². The predicted molar refractivity (Wildman–Crippen MR) is 82.9 cm³/mol. The molecule has 2 rings (SSSR count). The quantitative estimate of drug-likeness (QED) is 0.652. The molecule has 1 N–H and O–H groups in total. The first-order chi connectivity index (χ1) is 9.24. The summed E-state index contributed by atoms with van der Waals surface area (Å²) >= 11 is 3.39. The summed E-state index contributed by atoms with van der Waals surface area (Å²) in [4.78, 5) is 14.0. The van der Waals surface area contributed by atoms with Gasteiger partial charge in [0.1, 0.15) is 0 Å². The fourth-order valence-electron chi connectivity index (χ4n) is 1.63. The Morgan fingerprint density at radius 3 is 2.74 bits per heavy atom. The van der Waals surface area contributed by atoms with E-state index in [-0.39, 0.29) is 5.91 Å². The van der Waals surface area contributed by atoms with E-state index in [1.54, 1.807) is 23.1 Å². The smallest absolute Gasteiger partial charge is 0.225 e. The molecule has 0 atom stereocenters. The number of hydrogen-bond donors (Lipinski definition) is 1. The molecule has 1 amide bonds. The number of nitrogens with one attached hydrogen (secondary N) is 1. The molecule has 0 saturated carbocycles. The van der Waals surface area contributed by atoms with Crippen LogP contribution in [0.3, 0.4) is 0 Å². The third-order valence-electron chi connectivity index (χ3n) is 2.63. The van der Waals surface area contributed by atoms with E-state index in [1.165, 1.54) is 10.5 Å². The Morgan fingerprint density at radius 1 is 1.26 bits per heavy atom. The molecule has 0 unspecified atom stereocenters. The number of carbonyl (C=O) groups excluding carboxylic acids is 1. The molecule has 0 saturated heterocycles. The topological polar surface area (TPSA) is 29.1 Å². The van der Waals surface area contributed by atoms with Gasteiger partial charge in [-0.05, 0) is 30.5 Å². The first kappa shape index (κ1) is 14.2. The van der Waals surface area contributed by atoms with E-state index in [1.807, 2.05) is 17.5 Å². The van der Waals surface area contributed by atoms with Crippen molar-refractivity contribution >= 4 is 29.0 Å². The van der Waals surface area contributed by atoms with Gasteiger partial charge in [-0.25, -0.2) is 0 Å². The zero-order valence-electron chi connectivity index (χ0n) is 10.9. The Morgan fingerprint density at radius 2 is 2.05 bits per heavy atom. The lowest BCUT2D eigenvalue weighted by atomic mass is 10.2. The summed E-state index contributed by atoms with van der Waals surface area (Å²) in [5.41, 5.74) is 1.27. The second-order valence-corrected chi connectivity index (χ2v) is 6.47. The third kappa shape index (κ3) is 5.09. The zero-order chi connectivity index (χ0) is 13.5. The van der Waals surface area contributed by atoms with E-state index < -0.39 is 0 Å². The van der Waals surface area contributed by atoms with Crippen LogP contribution in [0.2, 0.25) is 0 Å². The molecular weight excluding hydrogens is 274 g/mol. The predicted octanol–water partition coefficient (Wildman–Crippen LogP) is 3.51. The average Bonchev–Trinajstić information content (AvgIpc) is 2.89. The summed E-state index contributed by atoms with van der Waals surface area (Å²) in [6.07, 6.45) is 0.493. The summed E-state index contributed by atoms with van der Waals surface area (Å²) in [6.45, 7) is 2.79. The van der Waals surface area contributed by atoms with Crippen molar-refractivity contribution in [1.82, 2.24) is 5.32 Å². The van der Waals surface area contributed by atoms with Crippen molar-refractivity contribution in [3.8, 4) is 0 Å². The molecule has 0 fully saturated rings. The second-order valence-electron chi connectivity index (χ2n) is 4.27. The van der Waals surface area contributed by atoms with Crippen LogP contribution in [0, 0.1) is 6.92 Å². The van der Waals surface area contributed by atoms with Crippen molar-refractivity contribution in [3.05, 3.63) is 52.2 Å². The summed E-state index contributed by atoms with van der Waals surface area (Å²) < 4.78 is 0. The fraction of sp³-hybridized carbons (Fsp3) is 0.267. The molecule has 0 bridgehead atoms. The van der Waals surface area contributed by atoms with Gasteiger partial charge in [-0.2, -0.15) is 0 Å². The van der Waals surface area contributed by atoms with Crippen molar-refractivity contribution in [2.24, 2.45) is 0 Å². The lowest BCUT2D eigenvalue weighted by molar-refractivity contribution is -0.120. The van der Waals surface area contributed by atoms with Gasteiger partial charge in [0.25, 0.3) is 0 Å². The van der Waals surface area contributed by atoms with Gasteiger partial charge in [-0.3, -0.25) is 4.79 Å². The Hall–Kier alpha value is -1.26. The van der Waals surface area contributed by atoms with Crippen LogP contribution in [-0.4, -0.2) is 18.2 Å². The first-order valence-corrected chi connectivity index (χ1v) is 8.09. The fourth-order valence-corrected chi connectivity index (χ4v) is 3.10. The summed E-state index contributed by atoms with van der Waals surface area (Å²) in [5.74, 6) is 1.01. The standard InChI is InChI=1S/C15H17NOS2/c1-12-4-6-13(7-5-12)19-10-8-16-15(17)11-14-3-2-9-18-14/h2-7,9H,8,10-11H2,1H3,(H,16,17). The number of aryl methyl sites for hydroxylation is 1. The molecule has 0 aliphatic heterocycles. The maximum absolute atomic E-state index is 11.7. The van der Waals surface area contributed by atoms with E-state index in [0.717, 1.165) is 10.6 Å². The Kier molecular flexibility index (Phi) is 5.48. The van der Waals surface area contributed by atoms with Gasteiger partial charge in [-0.1, -0.05) is 23.8 Å². The van der Waals surface area contributed by atoms with Crippen molar-refractivity contribution in [2.75, 3.05) is 12.3 Å². The van der Waals surface area contributed by atoms with E-state index in [0.29, 0.717) is 13.0 Å². The van der Waals surface area contributed by atoms with Crippen LogP contribution < -0.4 is 5.32 Å². The molecule has 2 aromatic rings. The number of hydrogen-bond acceptors (Lipinski definition) is 3. The number of benzene rings is 1. The summed E-state index contributed by atoms with van der Waals surface area (Å²) in [7, 11) is 0. The van der Waals surface area contributed by atoms with Crippen molar-refractivity contribution in [3.63, 3.8) is 0 Å². The molecule has 0 radical (unpaired) electrons. The highest BCUT2D eigenvalue weighted by atomic mass is 32.2. The van der Waals surface area contributed by atoms with Gasteiger partial charge in [0.05, 0.1) is 6.42 Å². The lowest BCUT2D eigenvalue weighted by Crippen LogP contribution is -2.26. The Labute approximate surface area is 122 Å². The van der Waals surface area contributed by atoms with E-state index in [9.17, 15) is 4.79 Å². The molecule has 100 valence electrons. The van der Waals surface area contributed by atoms with Crippen LogP contribution in [-0.2, 0) is 11.2 Å². The minimum atomic E-state index is 0.104. The summed E-state index contributed by atoms with van der Waals surface area (Å²) in [6, 6.07) is 12.4. The molecular formula is C15H17NOS2. The summed E-state index contributed by atoms with van der Waals surface area (Å²) in [5, 5.41) is 4.95. The minimum Gasteiger partial charge on any atom is -0.355 e. The number of thioether (sulfide) groups is 1. The SMILES string of the molecule is Cc1ccc(SCCNC(=O)Cc2cccs2)cc1. The minimum absolute atomic E-state index is 0.104. The highest BCUT2D eigenvalue weighted by molar-refractivity contribution is 7.99. The molecule has 1 aromatic heterocycles. The van der Waals surface area contributed by atoms with Crippen LogP contribution >= 0.6 is 23.1 Å². The number of rotatable bonds is 6. The normalized spacial score (nSPS) is 10.4. The van der Waals surface area contributed by atoms with Gasteiger partial charge < -0.3 is 5.32 Å². The zero-order valence-corrected chi connectivity index (χ0v) is 12.5. The number of thiophene rings is 1. The lowest BCUT2D eigenvalue weighted by Gasteiger charge is -2.04. The van der Waals surface area contributed by atoms with Crippen molar-refractivity contribution in [1.29, 1.82) is 0 Å². The monoisotopic (exact) mass is 291 g/mol. The van der Waals surface area contributed by atoms with E-state index in [4.69, 9.17) is 0 Å². The molecule has 0 aliphatic rings. The van der Waals surface area contributed by atoms with Crippen LogP contribution in [0.1, 0.15) is 10.4 Å². The van der Waals surface area contributed by atoms with E-state index in [2.05, 4.69) is 36.5 Å². The van der Waals surface area contributed by atoms with Gasteiger partial charge >= 0.3 is 0 Å². The van der Waals surface area contributed by atoms with Crippen LogP contribution in [0.25, 0.3) is 0 Å². The third-order valence-corrected chi connectivity index (χ3v) is 4.52. The molecule has 2 nitrogen and oxygen atoms in total. The first-order valence-electron chi connectivity index (χ1n) is 6.22. The Bertz CT molecular complexity index is 505. The number of carbonyl (C=O) groups is 1. The van der Waals surface area contributed by atoms with E-state index >= 15 is 0 Å². The molecule has 1 aromatic carbocycles. The molecule has 19 heavy (non-hydrogen) atoms. The Balaban J connectivity index is 1.64. The second kappa shape index (κ2) is 7.36. The van der Waals surface area contributed by atoms with Crippen LogP contribution in [0.4, 0.5) is 0 Å². The van der Waals surface area contributed by atoms with Crippen LogP contribution in [0.5, 0.6) is 0 Å². The number of amides is 1. The van der Waals surface area contributed by atoms with Crippen molar-refractivity contribution in [2.45, 2.75) is 18.2 Å². The van der Waals surface area contributed by atoms with Gasteiger partial charge in [-0.15, -0.1) is 23.1 Å². The maximum Gasteiger partial charge on any atom is 0.225 e. The molecule has 4 heteroatoms. The maximum atomic E-state index is 11.7. The highest BCUT2D eigenvalue weighted by Crippen LogP contribution is 2.17. The van der Waals surface area contributed by atoms with Gasteiger partial charge in [0, 0.05) is 22.1 Å². The largest absolute Gasteiger partial charge is 0.355 e. The molecule has 1 heterocycles. The average molecular weight is 291 g/mol. The molecule has 0 spiro atoms. The highest BCUT2D eigenvalue weighted by Gasteiger charge is 2.03. The van der Waals surface area contributed by atoms with Gasteiger partial charge in [0.2, 0.25) is 5.91 Å². The van der Waals surface area contributed by atoms with Crippen LogP contribution in [0.15, 0.2) is 46.7 Å². The van der Waals surface area contributed by atoms with Gasteiger partial charge in [0.15, 0.2) is 0 Å². The molecule has 0 aliphatic carbocycles.